The average molecular weight is 206 g/mol. The first kappa shape index (κ1) is 9.40. The molecule has 0 saturated carbocycles. The first-order chi connectivity index (χ1) is 7.74. The number of hydrogen-bond acceptors (Lipinski definition) is 1. The van der Waals surface area contributed by atoms with E-state index < -0.39 is 0 Å². The van der Waals surface area contributed by atoms with Gasteiger partial charge in [0, 0.05) is 16.0 Å². The van der Waals surface area contributed by atoms with Crippen LogP contribution in [0.2, 0.25) is 0 Å². The molecule has 0 atom stereocenters. The third-order valence-electron chi connectivity index (χ3n) is 3.33. The molecule has 0 heterocycles. The largest absolute Gasteiger partial charge is 0.289 e. The molecular weight excluding hydrogens is 195 g/mol. The van der Waals surface area contributed by atoms with Crippen LogP contribution in [0.3, 0.4) is 0 Å². The van der Waals surface area contributed by atoms with E-state index in [1.165, 1.54) is 10.8 Å². The van der Waals surface area contributed by atoms with Crippen LogP contribution in [0, 0.1) is 0 Å². The van der Waals surface area contributed by atoms with Crippen LogP contribution in [0.25, 0.3) is 27.6 Å². The fraction of sp³-hybridized carbons (Fsp3) is 0.0714. The monoisotopic (exact) mass is 206 g/mol. The van der Waals surface area contributed by atoms with Crippen molar-refractivity contribution < 1.29 is 0 Å². The Bertz CT molecular complexity index is 789. The van der Waals surface area contributed by atoms with Gasteiger partial charge >= 0.3 is 0 Å². The van der Waals surface area contributed by atoms with E-state index in [0.29, 0.717) is 0 Å². The van der Waals surface area contributed by atoms with E-state index in [0.717, 1.165) is 21.4 Å². The molecule has 1 nitrogen and oxygen atoms in total. The Hall–Kier alpha value is -1.83. The number of hydrogen-bond donors (Lipinski definition) is 0. The van der Waals surface area contributed by atoms with Gasteiger partial charge in [-0.3, -0.25) is 4.79 Å². The molecular formula is C14H11BO. The summed E-state index contributed by atoms with van der Waals surface area (Å²) in [6.45, 7) is 1.92. The highest BCUT2D eigenvalue weighted by atomic mass is 16.1. The van der Waals surface area contributed by atoms with E-state index in [1.807, 2.05) is 37.3 Å². The zero-order chi connectivity index (χ0) is 11.3. The fourth-order valence-corrected chi connectivity index (χ4v) is 2.52. The second kappa shape index (κ2) is 3.08. The zero-order valence-electron chi connectivity index (χ0n) is 9.37. The van der Waals surface area contributed by atoms with Gasteiger partial charge in [0.2, 0.25) is 0 Å². The molecule has 0 aliphatic rings. The van der Waals surface area contributed by atoms with Crippen molar-refractivity contribution in [2.24, 2.45) is 0 Å². The lowest BCUT2D eigenvalue weighted by atomic mass is 9.89. The summed E-state index contributed by atoms with van der Waals surface area (Å²) in [6, 6.07) is 10.1. The van der Waals surface area contributed by atoms with Crippen molar-refractivity contribution >= 4 is 40.9 Å². The van der Waals surface area contributed by atoms with Crippen LogP contribution in [-0.4, -0.2) is 7.85 Å². The van der Waals surface area contributed by atoms with Crippen molar-refractivity contribution in [1.29, 1.82) is 0 Å². The standard InChI is InChI=1S/C14H11BO/c1-2-8-9-4-3-5-10-12(15)7-6-11(13(9)10)14(8)16/h2-7H,15H2,1H3. The first-order valence-electron chi connectivity index (χ1n) is 5.47. The predicted molar refractivity (Wildman–Crippen MR) is 72.4 cm³/mol. The van der Waals surface area contributed by atoms with Gasteiger partial charge in [-0.25, -0.2) is 0 Å². The lowest BCUT2D eigenvalue weighted by Crippen LogP contribution is -2.18. The molecule has 0 saturated heterocycles. The highest BCUT2D eigenvalue weighted by molar-refractivity contribution is 6.40. The van der Waals surface area contributed by atoms with E-state index >= 15 is 0 Å². The van der Waals surface area contributed by atoms with E-state index in [2.05, 4.69) is 13.9 Å². The summed E-state index contributed by atoms with van der Waals surface area (Å²) in [6.07, 6.45) is 1.91. The fourth-order valence-electron chi connectivity index (χ4n) is 2.52. The van der Waals surface area contributed by atoms with Crippen LogP contribution < -0.4 is 16.1 Å². The quantitative estimate of drug-likeness (QED) is 0.491. The van der Waals surface area contributed by atoms with Gasteiger partial charge in [0.25, 0.3) is 0 Å². The van der Waals surface area contributed by atoms with E-state index in [-0.39, 0.29) is 5.43 Å². The molecule has 2 heteroatoms. The lowest BCUT2D eigenvalue weighted by molar-refractivity contribution is 1.66. The van der Waals surface area contributed by atoms with Gasteiger partial charge in [-0.05, 0) is 17.7 Å². The second-order valence-electron chi connectivity index (χ2n) is 4.19. The van der Waals surface area contributed by atoms with Crippen molar-refractivity contribution in [3.8, 4) is 0 Å². The highest BCUT2D eigenvalue weighted by Gasteiger charge is 2.10. The summed E-state index contributed by atoms with van der Waals surface area (Å²) in [5.41, 5.74) is 1.39. The van der Waals surface area contributed by atoms with Gasteiger partial charge in [-0.2, -0.15) is 0 Å². The van der Waals surface area contributed by atoms with Crippen molar-refractivity contribution in [3.63, 3.8) is 0 Å². The normalized spacial score (nSPS) is 12.9. The molecule has 0 aromatic heterocycles. The molecule has 0 spiro atoms. The van der Waals surface area contributed by atoms with Crippen LogP contribution in [0.1, 0.15) is 6.92 Å². The molecule has 0 fully saturated rings. The van der Waals surface area contributed by atoms with Gasteiger partial charge < -0.3 is 0 Å². The van der Waals surface area contributed by atoms with E-state index in [1.54, 1.807) is 0 Å². The molecule has 3 rings (SSSR count). The average Bonchev–Trinajstić information content (AvgIpc) is 2.57. The number of benzene rings is 2. The van der Waals surface area contributed by atoms with Crippen molar-refractivity contribution in [1.82, 2.24) is 0 Å². The molecule has 16 heavy (non-hydrogen) atoms. The minimum Gasteiger partial charge on any atom is -0.289 e. The Balaban J connectivity index is 2.84. The van der Waals surface area contributed by atoms with Gasteiger partial charge in [0.05, 0.1) is 0 Å². The summed E-state index contributed by atoms with van der Waals surface area (Å²) < 4.78 is 0. The zero-order valence-corrected chi connectivity index (χ0v) is 9.37. The summed E-state index contributed by atoms with van der Waals surface area (Å²) in [5, 5.41) is 5.10. The maximum atomic E-state index is 12.2. The Kier molecular flexibility index (Phi) is 1.81. The lowest BCUT2D eigenvalue weighted by Gasteiger charge is -2.01. The molecule has 0 aliphatic carbocycles. The van der Waals surface area contributed by atoms with Gasteiger partial charge in [-0.15, -0.1) is 0 Å². The SMILES string of the molecule is Bc1ccc2c(=O)c(=CC)c3cccc1c23. The topological polar surface area (TPSA) is 17.1 Å². The Morgan fingerprint density at radius 1 is 1.06 bits per heavy atom. The summed E-state index contributed by atoms with van der Waals surface area (Å²) >= 11 is 0. The summed E-state index contributed by atoms with van der Waals surface area (Å²) in [5.74, 6) is 0. The molecule has 0 bridgehead atoms. The van der Waals surface area contributed by atoms with Gasteiger partial charge in [0.15, 0.2) is 5.43 Å². The van der Waals surface area contributed by atoms with Crippen LogP contribution in [0.4, 0.5) is 0 Å². The minimum atomic E-state index is 0.161. The maximum absolute atomic E-state index is 12.2. The number of rotatable bonds is 0. The molecule has 0 aliphatic heterocycles. The molecule has 3 aromatic carbocycles. The van der Waals surface area contributed by atoms with Crippen LogP contribution in [0.15, 0.2) is 35.1 Å². The van der Waals surface area contributed by atoms with Crippen LogP contribution >= 0.6 is 0 Å². The van der Waals surface area contributed by atoms with Gasteiger partial charge in [0.1, 0.15) is 7.85 Å². The molecule has 0 radical (unpaired) electrons. The summed E-state index contributed by atoms with van der Waals surface area (Å²) in [4.78, 5) is 12.2. The Morgan fingerprint density at radius 3 is 2.56 bits per heavy atom. The molecule has 76 valence electrons. The Labute approximate surface area is 94.1 Å². The van der Waals surface area contributed by atoms with Crippen molar-refractivity contribution in [3.05, 3.63) is 45.8 Å². The summed E-state index contributed by atoms with van der Waals surface area (Å²) in [7, 11) is 2.08. The predicted octanol–water partition coefficient (Wildman–Crippen LogP) is 0.569. The van der Waals surface area contributed by atoms with E-state index in [4.69, 9.17) is 0 Å². The van der Waals surface area contributed by atoms with Gasteiger partial charge in [-0.1, -0.05) is 41.9 Å². The van der Waals surface area contributed by atoms with Crippen LogP contribution in [-0.2, 0) is 0 Å². The maximum Gasteiger partial charge on any atom is 0.193 e. The van der Waals surface area contributed by atoms with Crippen LogP contribution in [0.5, 0.6) is 0 Å². The molecule has 0 unspecified atom stereocenters. The first-order valence-corrected chi connectivity index (χ1v) is 5.47. The molecule has 3 aromatic rings. The molecule has 0 N–H and O–H groups in total. The highest BCUT2D eigenvalue weighted by Crippen LogP contribution is 2.20. The van der Waals surface area contributed by atoms with Crippen molar-refractivity contribution in [2.75, 3.05) is 0 Å². The smallest absolute Gasteiger partial charge is 0.193 e. The Morgan fingerprint density at radius 2 is 1.81 bits per heavy atom. The minimum absolute atomic E-state index is 0.161. The van der Waals surface area contributed by atoms with Crippen molar-refractivity contribution in [2.45, 2.75) is 6.92 Å². The van der Waals surface area contributed by atoms with E-state index in [9.17, 15) is 4.79 Å². The molecule has 0 amide bonds. The third kappa shape index (κ3) is 0.991. The third-order valence-corrected chi connectivity index (χ3v) is 3.33. The second-order valence-corrected chi connectivity index (χ2v) is 4.19.